The fraction of sp³-hybridized carbons (Fsp3) is 0.333. The largest absolute Gasteiger partial charge is 0.362 e. The molecule has 150 valence electrons. The summed E-state index contributed by atoms with van der Waals surface area (Å²) in [5.74, 6) is -1.32. The van der Waals surface area contributed by atoms with Crippen LogP contribution >= 0.6 is 24.0 Å². The summed E-state index contributed by atoms with van der Waals surface area (Å²) in [5, 5.41) is 15.8. The Kier molecular flexibility index (Phi) is 5.67. The summed E-state index contributed by atoms with van der Waals surface area (Å²) in [4.78, 5) is 23.9. The molecular formula is C21H21N3O3S2. The van der Waals surface area contributed by atoms with Gasteiger partial charge in [-0.15, -0.1) is 0 Å². The van der Waals surface area contributed by atoms with Gasteiger partial charge in [-0.1, -0.05) is 79.3 Å². The van der Waals surface area contributed by atoms with Gasteiger partial charge in [0, 0.05) is 18.0 Å². The SMILES string of the molecule is O=C1N(N2CCCCC2)C(=S)SC1(C(c1ccccc1)c1ccccc1)[N+](=O)[O-]. The quantitative estimate of drug-likeness (QED) is 0.407. The maximum atomic E-state index is 13.7. The van der Waals surface area contributed by atoms with E-state index >= 15 is 0 Å². The Morgan fingerprint density at radius 1 is 0.966 bits per heavy atom. The van der Waals surface area contributed by atoms with Crippen LogP contribution in [0.3, 0.4) is 0 Å². The van der Waals surface area contributed by atoms with E-state index in [1.165, 1.54) is 5.01 Å². The third-order valence-corrected chi connectivity index (χ3v) is 7.10. The third-order valence-electron chi connectivity index (χ3n) is 5.46. The van der Waals surface area contributed by atoms with Gasteiger partial charge in [-0.3, -0.25) is 14.9 Å². The molecule has 0 radical (unpaired) electrons. The normalized spacial score (nSPS) is 23.0. The minimum Gasteiger partial charge on any atom is -0.263 e. The molecule has 0 aromatic heterocycles. The molecule has 2 aromatic carbocycles. The van der Waals surface area contributed by atoms with E-state index in [2.05, 4.69) is 0 Å². The maximum Gasteiger partial charge on any atom is 0.362 e. The molecule has 4 rings (SSSR count). The Labute approximate surface area is 179 Å². The van der Waals surface area contributed by atoms with E-state index < -0.39 is 21.6 Å². The molecule has 0 spiro atoms. The number of hydrogen-bond acceptors (Lipinski definition) is 6. The number of hydrogen-bond donors (Lipinski definition) is 0. The molecular weight excluding hydrogens is 406 g/mol. The van der Waals surface area contributed by atoms with Crippen molar-refractivity contribution in [3.63, 3.8) is 0 Å². The molecule has 2 heterocycles. The smallest absolute Gasteiger partial charge is 0.263 e. The molecule has 1 amide bonds. The molecule has 2 saturated heterocycles. The first kappa shape index (κ1) is 20.0. The monoisotopic (exact) mass is 427 g/mol. The minimum absolute atomic E-state index is 0.255. The lowest BCUT2D eigenvalue weighted by Gasteiger charge is -2.34. The van der Waals surface area contributed by atoms with Crippen molar-refractivity contribution in [2.24, 2.45) is 0 Å². The van der Waals surface area contributed by atoms with Gasteiger partial charge in [0.1, 0.15) is 0 Å². The molecule has 0 N–H and O–H groups in total. The van der Waals surface area contributed by atoms with Crippen molar-refractivity contribution in [1.82, 2.24) is 10.0 Å². The Balaban J connectivity index is 1.85. The molecule has 2 aliphatic heterocycles. The standard InChI is InChI=1S/C21H21N3O3S2/c25-19-21(24(26)27,29-20(28)23(19)22-14-8-3-9-15-22)18(16-10-4-1-5-11-16)17-12-6-2-7-13-17/h1-2,4-7,10-13,18H,3,8-9,14-15H2. The predicted molar refractivity (Wildman–Crippen MR) is 117 cm³/mol. The zero-order valence-corrected chi connectivity index (χ0v) is 17.4. The van der Waals surface area contributed by atoms with E-state index in [0.29, 0.717) is 13.1 Å². The van der Waals surface area contributed by atoms with Crippen molar-refractivity contribution in [1.29, 1.82) is 0 Å². The van der Waals surface area contributed by atoms with Crippen LogP contribution in [-0.2, 0) is 4.79 Å². The molecule has 2 fully saturated rings. The molecule has 0 saturated carbocycles. The minimum atomic E-state index is -1.93. The number of thioether (sulfide) groups is 1. The number of carbonyl (C=O) groups is 1. The van der Waals surface area contributed by atoms with Crippen LogP contribution in [0.1, 0.15) is 36.3 Å². The first-order valence-electron chi connectivity index (χ1n) is 9.62. The van der Waals surface area contributed by atoms with Gasteiger partial charge in [0.05, 0.1) is 5.92 Å². The number of nitrogens with zero attached hydrogens (tertiary/aromatic N) is 3. The van der Waals surface area contributed by atoms with Crippen molar-refractivity contribution in [3.05, 3.63) is 81.9 Å². The number of hydrazine groups is 1. The first-order chi connectivity index (χ1) is 14.1. The summed E-state index contributed by atoms with van der Waals surface area (Å²) in [6.45, 7) is 1.36. The average Bonchev–Trinajstić information content (AvgIpc) is 3.01. The highest BCUT2D eigenvalue weighted by Crippen LogP contribution is 2.51. The van der Waals surface area contributed by atoms with Crippen LogP contribution in [0.5, 0.6) is 0 Å². The van der Waals surface area contributed by atoms with E-state index in [9.17, 15) is 14.9 Å². The second kappa shape index (κ2) is 8.22. The van der Waals surface area contributed by atoms with E-state index in [1.54, 1.807) is 0 Å². The second-order valence-corrected chi connectivity index (χ2v) is 9.07. The van der Waals surface area contributed by atoms with Gasteiger partial charge in [0.2, 0.25) is 0 Å². The molecule has 0 aliphatic carbocycles. The van der Waals surface area contributed by atoms with E-state index in [0.717, 1.165) is 42.2 Å². The third kappa shape index (κ3) is 3.45. The number of thiocarbonyl (C=S) groups is 1. The Morgan fingerprint density at radius 3 is 1.97 bits per heavy atom. The Bertz CT molecular complexity index is 880. The fourth-order valence-corrected chi connectivity index (χ4v) is 5.88. The van der Waals surface area contributed by atoms with Gasteiger partial charge >= 0.3 is 10.8 Å². The predicted octanol–water partition coefficient (Wildman–Crippen LogP) is 4.05. The Hall–Kier alpha value is -2.29. The van der Waals surface area contributed by atoms with Crippen molar-refractivity contribution in [2.45, 2.75) is 30.1 Å². The Morgan fingerprint density at radius 2 is 1.48 bits per heavy atom. The van der Waals surface area contributed by atoms with Crippen LogP contribution in [-0.4, -0.2) is 43.1 Å². The van der Waals surface area contributed by atoms with Gasteiger partial charge in [0.15, 0.2) is 4.32 Å². The molecule has 0 bridgehead atoms. The lowest BCUT2D eigenvalue weighted by atomic mass is 9.84. The molecule has 6 nitrogen and oxygen atoms in total. The topological polar surface area (TPSA) is 66.7 Å². The van der Waals surface area contributed by atoms with Gasteiger partial charge in [-0.25, -0.2) is 10.0 Å². The van der Waals surface area contributed by atoms with Gasteiger partial charge in [-0.2, -0.15) is 0 Å². The summed E-state index contributed by atoms with van der Waals surface area (Å²) in [7, 11) is 0. The van der Waals surface area contributed by atoms with Gasteiger partial charge in [-0.05, 0) is 35.7 Å². The number of carbonyl (C=O) groups excluding carboxylic acids is 1. The second-order valence-electron chi connectivity index (χ2n) is 7.21. The van der Waals surface area contributed by atoms with Crippen molar-refractivity contribution in [2.75, 3.05) is 13.1 Å². The van der Waals surface area contributed by atoms with Gasteiger partial charge < -0.3 is 0 Å². The van der Waals surface area contributed by atoms with Crippen LogP contribution in [0.2, 0.25) is 0 Å². The summed E-state index contributed by atoms with van der Waals surface area (Å²) >= 11 is 6.40. The zero-order valence-electron chi connectivity index (χ0n) is 15.8. The number of piperidine rings is 1. The van der Waals surface area contributed by atoms with Crippen LogP contribution in [0.15, 0.2) is 60.7 Å². The fourth-order valence-electron chi connectivity index (χ4n) is 4.11. The van der Waals surface area contributed by atoms with Crippen LogP contribution < -0.4 is 0 Å². The van der Waals surface area contributed by atoms with Crippen LogP contribution in [0.4, 0.5) is 0 Å². The zero-order chi connectivity index (χ0) is 20.4. The van der Waals surface area contributed by atoms with E-state index in [-0.39, 0.29) is 4.32 Å². The number of nitro groups is 1. The lowest BCUT2D eigenvalue weighted by Crippen LogP contribution is -2.55. The first-order valence-corrected chi connectivity index (χ1v) is 10.8. The summed E-state index contributed by atoms with van der Waals surface area (Å²) in [5.41, 5.74) is 1.44. The number of rotatable bonds is 5. The van der Waals surface area contributed by atoms with Gasteiger partial charge in [0.25, 0.3) is 0 Å². The molecule has 1 atom stereocenters. The summed E-state index contributed by atoms with van der Waals surface area (Å²) in [6, 6.07) is 18.4. The number of benzene rings is 2. The molecule has 1 unspecified atom stereocenters. The average molecular weight is 428 g/mol. The van der Waals surface area contributed by atoms with Crippen molar-refractivity contribution in [3.8, 4) is 0 Å². The lowest BCUT2D eigenvalue weighted by molar-refractivity contribution is -0.525. The highest BCUT2D eigenvalue weighted by Gasteiger charge is 2.68. The highest BCUT2D eigenvalue weighted by molar-refractivity contribution is 8.24. The van der Waals surface area contributed by atoms with Crippen LogP contribution in [0.25, 0.3) is 0 Å². The molecule has 2 aromatic rings. The molecule has 29 heavy (non-hydrogen) atoms. The van der Waals surface area contributed by atoms with E-state index in [1.807, 2.05) is 65.7 Å². The highest BCUT2D eigenvalue weighted by atomic mass is 32.2. The van der Waals surface area contributed by atoms with Crippen molar-refractivity contribution >= 4 is 34.2 Å². The summed E-state index contributed by atoms with van der Waals surface area (Å²) in [6.07, 6.45) is 2.99. The summed E-state index contributed by atoms with van der Waals surface area (Å²) < 4.78 is 0.255. The van der Waals surface area contributed by atoms with Crippen LogP contribution in [0, 0.1) is 10.1 Å². The van der Waals surface area contributed by atoms with E-state index in [4.69, 9.17) is 12.2 Å². The maximum absolute atomic E-state index is 13.7. The molecule has 8 heteroatoms. The number of amides is 1. The van der Waals surface area contributed by atoms with Crippen molar-refractivity contribution < 1.29 is 9.72 Å². The molecule has 2 aliphatic rings.